The Kier molecular flexibility index (Phi) is 3.57. The summed E-state index contributed by atoms with van der Waals surface area (Å²) >= 11 is 5.00. The average molecular weight is 198 g/mol. The largest absolute Gasteiger partial charge is 0.373 e. The first kappa shape index (κ1) is 10.3. The standard InChI is InChI=1S/C9H14N2OS/c1-6(2)8(12-3)9-10-5-4-7(13)11-9/h4-6,8H,1-3H3,(H,10,11,13). The Labute approximate surface area is 83.2 Å². The van der Waals surface area contributed by atoms with Crippen molar-refractivity contribution in [2.24, 2.45) is 5.92 Å². The first-order valence-corrected chi connectivity index (χ1v) is 4.64. The predicted octanol–water partition coefficient (Wildman–Crippen LogP) is 2.48. The number of ether oxygens (including phenoxy) is 1. The molecular formula is C9H14N2OS. The Bertz CT molecular complexity index is 321. The molecule has 0 aliphatic heterocycles. The summed E-state index contributed by atoms with van der Waals surface area (Å²) in [7, 11) is 1.68. The molecule has 1 rings (SSSR count). The molecule has 0 saturated carbocycles. The zero-order chi connectivity index (χ0) is 9.84. The highest BCUT2D eigenvalue weighted by molar-refractivity contribution is 7.71. The Balaban J connectivity index is 2.98. The summed E-state index contributed by atoms with van der Waals surface area (Å²) in [4.78, 5) is 7.20. The Morgan fingerprint density at radius 1 is 1.54 bits per heavy atom. The van der Waals surface area contributed by atoms with Gasteiger partial charge in [0.05, 0.1) is 0 Å². The molecule has 0 fully saturated rings. The molecule has 1 atom stereocenters. The van der Waals surface area contributed by atoms with E-state index in [1.807, 2.05) is 0 Å². The molecule has 1 aromatic rings. The van der Waals surface area contributed by atoms with Crippen LogP contribution in [0.25, 0.3) is 0 Å². The molecule has 0 aromatic carbocycles. The van der Waals surface area contributed by atoms with Gasteiger partial charge in [0, 0.05) is 13.3 Å². The molecule has 4 heteroatoms. The molecular weight excluding hydrogens is 184 g/mol. The van der Waals surface area contributed by atoms with E-state index < -0.39 is 0 Å². The molecule has 1 N–H and O–H groups in total. The normalized spacial score (nSPS) is 13.2. The van der Waals surface area contributed by atoms with Crippen LogP contribution < -0.4 is 0 Å². The number of hydrogen-bond acceptors (Lipinski definition) is 3. The number of nitrogens with zero attached hydrogens (tertiary/aromatic N) is 1. The third-order valence-corrected chi connectivity index (χ3v) is 2.06. The van der Waals surface area contributed by atoms with E-state index in [4.69, 9.17) is 17.0 Å². The molecule has 0 amide bonds. The summed E-state index contributed by atoms with van der Waals surface area (Å²) in [5, 5.41) is 0. The van der Waals surface area contributed by atoms with Gasteiger partial charge < -0.3 is 9.72 Å². The van der Waals surface area contributed by atoms with E-state index in [1.165, 1.54) is 0 Å². The van der Waals surface area contributed by atoms with Crippen LogP contribution in [0.3, 0.4) is 0 Å². The minimum Gasteiger partial charge on any atom is -0.373 e. The molecule has 13 heavy (non-hydrogen) atoms. The van der Waals surface area contributed by atoms with Gasteiger partial charge in [-0.15, -0.1) is 0 Å². The van der Waals surface area contributed by atoms with Gasteiger partial charge in [-0.3, -0.25) is 0 Å². The van der Waals surface area contributed by atoms with Gasteiger partial charge in [-0.25, -0.2) is 4.98 Å². The van der Waals surface area contributed by atoms with Gasteiger partial charge in [0.1, 0.15) is 16.6 Å². The SMILES string of the molecule is COC(c1nccc(=S)[nH]1)C(C)C. The van der Waals surface area contributed by atoms with Crippen LogP contribution in [0.15, 0.2) is 12.3 Å². The Morgan fingerprint density at radius 3 is 2.69 bits per heavy atom. The van der Waals surface area contributed by atoms with Crippen molar-refractivity contribution in [1.29, 1.82) is 0 Å². The lowest BCUT2D eigenvalue weighted by molar-refractivity contribution is 0.0573. The number of methoxy groups -OCH3 is 1. The van der Waals surface area contributed by atoms with Gasteiger partial charge >= 0.3 is 0 Å². The lowest BCUT2D eigenvalue weighted by atomic mass is 10.1. The van der Waals surface area contributed by atoms with E-state index in [0.29, 0.717) is 10.6 Å². The third kappa shape index (κ3) is 2.60. The monoisotopic (exact) mass is 198 g/mol. The van der Waals surface area contributed by atoms with E-state index in [1.54, 1.807) is 19.4 Å². The highest BCUT2D eigenvalue weighted by Crippen LogP contribution is 2.20. The second-order valence-corrected chi connectivity index (χ2v) is 3.66. The molecule has 72 valence electrons. The van der Waals surface area contributed by atoms with Crippen LogP contribution in [0.4, 0.5) is 0 Å². The third-order valence-electron chi connectivity index (χ3n) is 1.82. The molecule has 0 saturated heterocycles. The summed E-state index contributed by atoms with van der Waals surface area (Å²) in [6.07, 6.45) is 1.69. The topological polar surface area (TPSA) is 37.9 Å². The van der Waals surface area contributed by atoms with Crippen molar-refractivity contribution in [1.82, 2.24) is 9.97 Å². The number of rotatable bonds is 3. The highest BCUT2D eigenvalue weighted by atomic mass is 32.1. The molecule has 0 aliphatic rings. The van der Waals surface area contributed by atoms with Gasteiger partial charge in [-0.1, -0.05) is 26.1 Å². The Morgan fingerprint density at radius 2 is 2.23 bits per heavy atom. The van der Waals surface area contributed by atoms with Gasteiger partial charge in [-0.2, -0.15) is 0 Å². The predicted molar refractivity (Wildman–Crippen MR) is 54.0 cm³/mol. The summed E-state index contributed by atoms with van der Waals surface area (Å²) in [6.45, 7) is 4.17. The maximum atomic E-state index is 5.31. The van der Waals surface area contributed by atoms with Crippen LogP contribution in [-0.2, 0) is 4.74 Å². The summed E-state index contributed by atoms with van der Waals surface area (Å²) in [5.41, 5.74) is 0. The van der Waals surface area contributed by atoms with Gasteiger partial charge in [0.2, 0.25) is 0 Å². The van der Waals surface area contributed by atoms with E-state index in [2.05, 4.69) is 23.8 Å². The quantitative estimate of drug-likeness (QED) is 0.758. The van der Waals surface area contributed by atoms with E-state index in [9.17, 15) is 0 Å². The van der Waals surface area contributed by atoms with Crippen molar-refractivity contribution < 1.29 is 4.74 Å². The fourth-order valence-electron chi connectivity index (χ4n) is 1.23. The summed E-state index contributed by atoms with van der Waals surface area (Å²) in [5.74, 6) is 1.18. The summed E-state index contributed by atoms with van der Waals surface area (Å²) < 4.78 is 6.00. The molecule has 0 spiro atoms. The minimum absolute atomic E-state index is 0.0112. The van der Waals surface area contributed by atoms with Crippen LogP contribution in [0.2, 0.25) is 0 Å². The molecule has 1 heterocycles. The van der Waals surface area contributed by atoms with Crippen LogP contribution in [0.1, 0.15) is 25.8 Å². The summed E-state index contributed by atoms with van der Waals surface area (Å²) in [6, 6.07) is 1.76. The first-order chi connectivity index (χ1) is 6.15. The molecule has 1 unspecified atom stereocenters. The fraction of sp³-hybridized carbons (Fsp3) is 0.556. The van der Waals surface area contributed by atoms with Crippen molar-refractivity contribution in [3.05, 3.63) is 22.7 Å². The van der Waals surface area contributed by atoms with Crippen LogP contribution in [-0.4, -0.2) is 17.1 Å². The van der Waals surface area contributed by atoms with Gasteiger partial charge in [0.25, 0.3) is 0 Å². The van der Waals surface area contributed by atoms with Crippen molar-refractivity contribution in [2.45, 2.75) is 20.0 Å². The molecule has 0 bridgehead atoms. The van der Waals surface area contributed by atoms with Crippen molar-refractivity contribution >= 4 is 12.2 Å². The molecule has 1 aromatic heterocycles. The van der Waals surface area contributed by atoms with Crippen molar-refractivity contribution in [3.8, 4) is 0 Å². The molecule has 0 radical (unpaired) electrons. The number of aromatic nitrogens is 2. The van der Waals surface area contributed by atoms with Crippen molar-refractivity contribution in [3.63, 3.8) is 0 Å². The second-order valence-electron chi connectivity index (χ2n) is 3.22. The maximum absolute atomic E-state index is 5.31. The number of hydrogen-bond donors (Lipinski definition) is 1. The highest BCUT2D eigenvalue weighted by Gasteiger charge is 2.16. The lowest BCUT2D eigenvalue weighted by Gasteiger charge is -2.17. The molecule has 3 nitrogen and oxygen atoms in total. The second kappa shape index (κ2) is 4.48. The fourth-order valence-corrected chi connectivity index (χ4v) is 1.39. The zero-order valence-electron chi connectivity index (χ0n) is 8.07. The van der Waals surface area contributed by atoms with E-state index in [-0.39, 0.29) is 6.10 Å². The minimum atomic E-state index is -0.0112. The first-order valence-electron chi connectivity index (χ1n) is 4.23. The van der Waals surface area contributed by atoms with E-state index in [0.717, 1.165) is 5.82 Å². The van der Waals surface area contributed by atoms with Crippen LogP contribution in [0, 0.1) is 10.6 Å². The average Bonchev–Trinajstić information content (AvgIpc) is 2.04. The zero-order valence-corrected chi connectivity index (χ0v) is 8.89. The molecule has 0 aliphatic carbocycles. The van der Waals surface area contributed by atoms with Crippen molar-refractivity contribution in [2.75, 3.05) is 7.11 Å². The number of aromatic amines is 1. The number of H-pyrrole nitrogens is 1. The van der Waals surface area contributed by atoms with Gasteiger partial charge in [-0.05, 0) is 12.0 Å². The van der Waals surface area contributed by atoms with Crippen LogP contribution in [0.5, 0.6) is 0 Å². The lowest BCUT2D eigenvalue weighted by Crippen LogP contribution is -2.12. The van der Waals surface area contributed by atoms with E-state index >= 15 is 0 Å². The smallest absolute Gasteiger partial charge is 0.136 e. The van der Waals surface area contributed by atoms with Crippen LogP contribution >= 0.6 is 12.2 Å². The van der Waals surface area contributed by atoms with Gasteiger partial charge in [0.15, 0.2) is 0 Å². The Hall–Kier alpha value is -0.740. The maximum Gasteiger partial charge on any atom is 0.136 e. The number of nitrogens with one attached hydrogen (secondary N) is 1.